The van der Waals surface area contributed by atoms with Gasteiger partial charge in [-0.3, -0.25) is 4.79 Å². The van der Waals surface area contributed by atoms with Crippen molar-refractivity contribution in [2.45, 2.75) is 26.5 Å². The fourth-order valence-corrected chi connectivity index (χ4v) is 3.68. The Morgan fingerprint density at radius 2 is 2.14 bits per heavy atom. The number of anilines is 1. The van der Waals surface area contributed by atoms with Gasteiger partial charge in [0.15, 0.2) is 0 Å². The molecule has 0 saturated carbocycles. The topological polar surface area (TPSA) is 64.1 Å². The van der Waals surface area contributed by atoms with Crippen molar-refractivity contribution in [3.63, 3.8) is 0 Å². The summed E-state index contributed by atoms with van der Waals surface area (Å²) in [4.78, 5) is 22.7. The summed E-state index contributed by atoms with van der Waals surface area (Å²) < 4.78 is 4.90. The number of nitrogens with one attached hydrogen (secondary N) is 1. The second-order valence-corrected chi connectivity index (χ2v) is 6.69. The molecule has 2 rings (SSSR count). The van der Waals surface area contributed by atoms with E-state index in [-0.39, 0.29) is 5.97 Å². The van der Waals surface area contributed by atoms with Gasteiger partial charge in [0.2, 0.25) is 0 Å². The highest BCUT2D eigenvalue weighted by Gasteiger charge is 2.14. The minimum absolute atomic E-state index is 0.194. The molecule has 21 heavy (non-hydrogen) atoms. The minimum atomic E-state index is -0.194. The normalized spacial score (nSPS) is 10.9. The molecule has 0 aromatic carbocycles. The third-order valence-corrected chi connectivity index (χ3v) is 5.07. The van der Waals surface area contributed by atoms with Gasteiger partial charge in [-0.2, -0.15) is 0 Å². The van der Waals surface area contributed by atoms with Crippen LogP contribution < -0.4 is 5.32 Å². The molecule has 0 atom stereocenters. The molecule has 0 radical (unpaired) electrons. The van der Waals surface area contributed by atoms with Crippen molar-refractivity contribution in [1.82, 2.24) is 9.97 Å². The maximum absolute atomic E-state index is 11.3. The van der Waals surface area contributed by atoms with Crippen LogP contribution in [-0.2, 0) is 15.3 Å². The average molecular weight is 325 g/mol. The van der Waals surface area contributed by atoms with Crippen LogP contribution in [0.5, 0.6) is 0 Å². The number of esters is 1. The van der Waals surface area contributed by atoms with Gasteiger partial charge < -0.3 is 10.1 Å². The Labute approximate surface area is 132 Å². The number of rotatable bonds is 6. The molecule has 2 heterocycles. The Morgan fingerprint density at radius 1 is 1.38 bits per heavy atom. The number of hydrogen-bond donors (Lipinski definition) is 1. The first kappa shape index (κ1) is 16.0. The van der Waals surface area contributed by atoms with Crippen LogP contribution in [0.2, 0.25) is 0 Å². The zero-order valence-corrected chi connectivity index (χ0v) is 14.3. The summed E-state index contributed by atoms with van der Waals surface area (Å²) in [5.41, 5.74) is 1.23. The first-order valence-corrected chi connectivity index (χ1v) is 8.71. The summed E-state index contributed by atoms with van der Waals surface area (Å²) in [6.07, 6.45) is 0. The summed E-state index contributed by atoms with van der Waals surface area (Å²) in [5, 5.41) is 4.24. The van der Waals surface area contributed by atoms with Crippen molar-refractivity contribution in [1.29, 1.82) is 0 Å². The fraction of sp³-hybridized carbons (Fsp3) is 0.500. The van der Waals surface area contributed by atoms with Crippen LogP contribution in [0.1, 0.15) is 23.2 Å². The van der Waals surface area contributed by atoms with Crippen molar-refractivity contribution in [3.8, 4) is 0 Å². The van der Waals surface area contributed by atoms with Gasteiger partial charge in [-0.05, 0) is 26.3 Å². The molecule has 2 aromatic heterocycles. The highest BCUT2D eigenvalue weighted by Crippen LogP contribution is 2.33. The molecule has 0 unspecified atom stereocenters. The zero-order valence-electron chi connectivity index (χ0n) is 12.6. The molecule has 0 spiro atoms. The van der Waals surface area contributed by atoms with Crippen LogP contribution in [-0.4, -0.2) is 35.3 Å². The molecule has 0 fully saturated rings. The van der Waals surface area contributed by atoms with Crippen LogP contribution in [0.15, 0.2) is 0 Å². The lowest BCUT2D eigenvalue weighted by Gasteiger charge is -2.06. The van der Waals surface area contributed by atoms with E-state index in [1.807, 2.05) is 7.05 Å². The monoisotopic (exact) mass is 325 g/mol. The molecule has 1 N–H and O–H groups in total. The molecule has 0 aliphatic heterocycles. The predicted octanol–water partition coefficient (Wildman–Crippen LogP) is 3.15. The highest BCUT2D eigenvalue weighted by atomic mass is 32.2. The number of thiophene rings is 1. The number of nitrogens with zero attached hydrogens (tertiary/aromatic N) is 2. The molecule has 0 aliphatic carbocycles. The van der Waals surface area contributed by atoms with Gasteiger partial charge in [0.25, 0.3) is 0 Å². The average Bonchev–Trinajstić information content (AvgIpc) is 2.73. The van der Waals surface area contributed by atoms with Crippen molar-refractivity contribution in [2.75, 3.05) is 24.7 Å². The molecule has 0 bridgehead atoms. The maximum atomic E-state index is 11.3. The van der Waals surface area contributed by atoms with Gasteiger partial charge in [-0.1, -0.05) is 0 Å². The summed E-state index contributed by atoms with van der Waals surface area (Å²) in [5.74, 6) is 2.32. The summed E-state index contributed by atoms with van der Waals surface area (Å²) in [6, 6.07) is 0. The Morgan fingerprint density at radius 3 is 2.81 bits per heavy atom. The molecular weight excluding hydrogens is 306 g/mol. The van der Waals surface area contributed by atoms with Crippen LogP contribution >= 0.6 is 23.1 Å². The second kappa shape index (κ2) is 7.09. The second-order valence-electron chi connectivity index (χ2n) is 4.50. The standard InChI is InChI=1S/C14H19N3O2S2/c1-5-19-11(18)7-20-6-10-16-13(15-4)12-8(2)9(3)21-14(12)17-10/h5-7H2,1-4H3,(H,15,16,17). The van der Waals surface area contributed by atoms with Crippen molar-refractivity contribution >= 4 is 45.1 Å². The van der Waals surface area contributed by atoms with E-state index >= 15 is 0 Å². The Kier molecular flexibility index (Phi) is 5.41. The molecule has 0 saturated heterocycles. The quantitative estimate of drug-likeness (QED) is 0.823. The molecule has 7 heteroatoms. The molecule has 2 aromatic rings. The summed E-state index contributed by atoms with van der Waals surface area (Å²) >= 11 is 3.15. The van der Waals surface area contributed by atoms with Crippen molar-refractivity contribution in [2.24, 2.45) is 0 Å². The number of aromatic nitrogens is 2. The third kappa shape index (κ3) is 3.65. The Bertz CT molecular complexity index is 655. The van der Waals surface area contributed by atoms with Crippen LogP contribution in [0.4, 0.5) is 5.82 Å². The first-order valence-electron chi connectivity index (χ1n) is 6.74. The van der Waals surface area contributed by atoms with E-state index in [1.165, 1.54) is 22.2 Å². The van der Waals surface area contributed by atoms with E-state index in [0.717, 1.165) is 21.9 Å². The van der Waals surface area contributed by atoms with Crippen LogP contribution in [0.25, 0.3) is 10.2 Å². The number of hydrogen-bond acceptors (Lipinski definition) is 7. The molecule has 5 nitrogen and oxygen atoms in total. The number of thioether (sulfide) groups is 1. The van der Waals surface area contributed by atoms with Gasteiger partial charge in [0, 0.05) is 11.9 Å². The van der Waals surface area contributed by atoms with Gasteiger partial charge in [0.05, 0.1) is 23.5 Å². The molecule has 0 aliphatic rings. The smallest absolute Gasteiger partial charge is 0.315 e. The molecular formula is C14H19N3O2S2. The van der Waals surface area contributed by atoms with Crippen molar-refractivity contribution < 1.29 is 9.53 Å². The number of carbonyl (C=O) groups excluding carboxylic acids is 1. The number of ether oxygens (including phenoxy) is 1. The summed E-state index contributed by atoms with van der Waals surface area (Å²) in [6.45, 7) is 6.41. The summed E-state index contributed by atoms with van der Waals surface area (Å²) in [7, 11) is 1.86. The maximum Gasteiger partial charge on any atom is 0.315 e. The lowest BCUT2D eigenvalue weighted by molar-refractivity contribution is -0.139. The lowest BCUT2D eigenvalue weighted by atomic mass is 10.2. The zero-order chi connectivity index (χ0) is 15.4. The first-order chi connectivity index (χ1) is 10.1. The SMILES string of the molecule is CCOC(=O)CSCc1nc(NC)c2c(C)c(C)sc2n1. The molecule has 114 valence electrons. The van der Waals surface area contributed by atoms with Crippen molar-refractivity contribution in [3.05, 3.63) is 16.3 Å². The number of carbonyl (C=O) groups is 1. The van der Waals surface area contributed by atoms with E-state index in [4.69, 9.17) is 4.74 Å². The fourth-order valence-electron chi connectivity index (χ4n) is 1.97. The Balaban J connectivity index is 2.16. The Hall–Kier alpha value is -1.34. The highest BCUT2D eigenvalue weighted by molar-refractivity contribution is 7.99. The van der Waals surface area contributed by atoms with E-state index in [9.17, 15) is 4.79 Å². The van der Waals surface area contributed by atoms with Crippen LogP contribution in [0, 0.1) is 13.8 Å². The number of fused-ring (bicyclic) bond motifs is 1. The van der Waals surface area contributed by atoms with Crippen LogP contribution in [0.3, 0.4) is 0 Å². The van der Waals surface area contributed by atoms with E-state index in [2.05, 4.69) is 29.1 Å². The lowest BCUT2D eigenvalue weighted by Crippen LogP contribution is -2.07. The third-order valence-electron chi connectivity index (χ3n) is 3.07. The minimum Gasteiger partial charge on any atom is -0.465 e. The van der Waals surface area contributed by atoms with Gasteiger partial charge in [0.1, 0.15) is 16.5 Å². The van der Waals surface area contributed by atoms with Gasteiger partial charge >= 0.3 is 5.97 Å². The van der Waals surface area contributed by atoms with E-state index in [1.54, 1.807) is 18.3 Å². The predicted molar refractivity (Wildman–Crippen MR) is 89.2 cm³/mol. The largest absolute Gasteiger partial charge is 0.465 e. The van der Waals surface area contributed by atoms with E-state index in [0.29, 0.717) is 18.1 Å². The van der Waals surface area contributed by atoms with Gasteiger partial charge in [-0.25, -0.2) is 9.97 Å². The molecule has 0 amide bonds. The van der Waals surface area contributed by atoms with E-state index < -0.39 is 0 Å². The van der Waals surface area contributed by atoms with Gasteiger partial charge in [-0.15, -0.1) is 23.1 Å². The number of aryl methyl sites for hydroxylation is 2.